The quantitative estimate of drug-likeness (QED) is 0.791. The average Bonchev–Trinajstić information content (AvgIpc) is 2.39. The molecule has 5 heteroatoms. The van der Waals surface area contributed by atoms with E-state index in [9.17, 15) is 9.59 Å². The van der Waals surface area contributed by atoms with Gasteiger partial charge in [0.25, 0.3) is 11.5 Å². The Bertz CT molecular complexity index is 677. The maximum atomic E-state index is 12.1. The lowest BCUT2D eigenvalue weighted by Gasteiger charge is -2.07. The summed E-state index contributed by atoms with van der Waals surface area (Å²) in [7, 11) is 1.86. The van der Waals surface area contributed by atoms with Crippen molar-refractivity contribution in [1.82, 2.24) is 10.3 Å². The zero-order chi connectivity index (χ0) is 14.5. The summed E-state index contributed by atoms with van der Waals surface area (Å²) >= 11 is 0. The van der Waals surface area contributed by atoms with Crippen molar-refractivity contribution in [1.29, 1.82) is 0 Å². The van der Waals surface area contributed by atoms with E-state index in [-0.39, 0.29) is 11.1 Å². The maximum Gasteiger partial charge on any atom is 0.261 e. The summed E-state index contributed by atoms with van der Waals surface area (Å²) in [5.41, 5.74) is 2.18. The molecule has 2 rings (SSSR count). The van der Waals surface area contributed by atoms with Gasteiger partial charge in [-0.15, -0.1) is 0 Å². The topological polar surface area (TPSA) is 74.0 Å². The molecule has 0 aliphatic heterocycles. The molecule has 0 fully saturated rings. The molecule has 3 N–H and O–H groups in total. The number of hydrogen-bond donors (Lipinski definition) is 3. The second-order valence-corrected chi connectivity index (χ2v) is 4.57. The van der Waals surface area contributed by atoms with Gasteiger partial charge in [0.2, 0.25) is 0 Å². The summed E-state index contributed by atoms with van der Waals surface area (Å²) in [6.07, 6.45) is 0. The van der Waals surface area contributed by atoms with Gasteiger partial charge >= 0.3 is 0 Å². The fourth-order valence-corrected chi connectivity index (χ4v) is 1.91. The molecule has 0 aliphatic rings. The van der Waals surface area contributed by atoms with Crippen LogP contribution in [0.25, 0.3) is 0 Å². The van der Waals surface area contributed by atoms with Gasteiger partial charge in [0.1, 0.15) is 5.56 Å². The zero-order valence-electron chi connectivity index (χ0n) is 11.5. The lowest BCUT2D eigenvalue weighted by atomic mass is 10.2. The number of aromatic amines is 1. The number of pyridine rings is 1. The van der Waals surface area contributed by atoms with E-state index < -0.39 is 5.91 Å². The molecule has 1 heterocycles. The van der Waals surface area contributed by atoms with Crippen molar-refractivity contribution < 1.29 is 4.79 Å². The molecular formula is C15H17N3O2. The van der Waals surface area contributed by atoms with Crippen molar-refractivity contribution in [2.24, 2.45) is 0 Å². The predicted octanol–water partition coefficient (Wildman–Crippen LogP) is 1.66. The Balaban J connectivity index is 2.19. The fourth-order valence-electron chi connectivity index (χ4n) is 1.91. The first-order valence-corrected chi connectivity index (χ1v) is 6.35. The average molecular weight is 271 g/mol. The van der Waals surface area contributed by atoms with Crippen molar-refractivity contribution in [2.45, 2.75) is 13.5 Å². The smallest absolute Gasteiger partial charge is 0.261 e. The Morgan fingerprint density at radius 2 is 2.05 bits per heavy atom. The van der Waals surface area contributed by atoms with Gasteiger partial charge in [0, 0.05) is 17.9 Å². The van der Waals surface area contributed by atoms with E-state index in [1.165, 1.54) is 6.07 Å². The molecule has 1 aromatic heterocycles. The van der Waals surface area contributed by atoms with Gasteiger partial charge in [-0.1, -0.05) is 12.1 Å². The monoisotopic (exact) mass is 271 g/mol. The van der Waals surface area contributed by atoms with E-state index in [1.54, 1.807) is 19.1 Å². The normalized spacial score (nSPS) is 10.3. The summed E-state index contributed by atoms with van der Waals surface area (Å²) in [5.74, 6) is -0.409. The molecule has 20 heavy (non-hydrogen) atoms. The molecule has 5 nitrogen and oxygen atoms in total. The molecule has 0 aliphatic carbocycles. The molecule has 0 atom stereocenters. The third kappa shape index (κ3) is 3.33. The van der Waals surface area contributed by atoms with Crippen LogP contribution in [0.1, 0.15) is 21.6 Å². The third-order valence-corrected chi connectivity index (χ3v) is 2.87. The minimum absolute atomic E-state index is 0.106. The van der Waals surface area contributed by atoms with E-state index in [1.807, 2.05) is 25.2 Å². The molecule has 0 saturated carbocycles. The molecule has 0 spiro atoms. The molecule has 2 aromatic rings. The van der Waals surface area contributed by atoms with Crippen molar-refractivity contribution >= 4 is 11.6 Å². The van der Waals surface area contributed by atoms with Crippen LogP contribution in [-0.2, 0) is 6.54 Å². The number of hydrogen-bond acceptors (Lipinski definition) is 3. The first kappa shape index (κ1) is 14.0. The zero-order valence-corrected chi connectivity index (χ0v) is 11.5. The minimum Gasteiger partial charge on any atom is -0.326 e. The van der Waals surface area contributed by atoms with E-state index in [0.29, 0.717) is 5.69 Å². The summed E-state index contributed by atoms with van der Waals surface area (Å²) in [4.78, 5) is 26.4. The summed E-state index contributed by atoms with van der Waals surface area (Å²) in [6, 6.07) is 10.7. The van der Waals surface area contributed by atoms with E-state index in [2.05, 4.69) is 15.6 Å². The Hall–Kier alpha value is -2.40. The van der Waals surface area contributed by atoms with Gasteiger partial charge < -0.3 is 15.6 Å². The highest BCUT2D eigenvalue weighted by molar-refractivity contribution is 6.04. The van der Waals surface area contributed by atoms with Crippen molar-refractivity contribution in [3.8, 4) is 0 Å². The van der Waals surface area contributed by atoms with E-state index in [0.717, 1.165) is 17.8 Å². The number of nitrogens with one attached hydrogen (secondary N) is 3. The van der Waals surface area contributed by atoms with Gasteiger partial charge in [0.05, 0.1) is 0 Å². The Morgan fingerprint density at radius 3 is 2.75 bits per heavy atom. The van der Waals surface area contributed by atoms with Crippen molar-refractivity contribution in [3.05, 3.63) is 63.6 Å². The number of aryl methyl sites for hydroxylation is 1. The molecule has 0 saturated heterocycles. The van der Waals surface area contributed by atoms with Gasteiger partial charge in [-0.05, 0) is 43.8 Å². The van der Waals surface area contributed by atoms with Gasteiger partial charge in [-0.2, -0.15) is 0 Å². The Labute approximate surface area is 117 Å². The van der Waals surface area contributed by atoms with Crippen LogP contribution in [0, 0.1) is 6.92 Å². The van der Waals surface area contributed by atoms with Gasteiger partial charge in [-0.3, -0.25) is 9.59 Å². The number of aromatic nitrogens is 1. The van der Waals surface area contributed by atoms with Crippen LogP contribution in [0.4, 0.5) is 5.69 Å². The van der Waals surface area contributed by atoms with Crippen LogP contribution in [0.3, 0.4) is 0 Å². The molecule has 1 amide bonds. The van der Waals surface area contributed by atoms with Crippen LogP contribution in [0.5, 0.6) is 0 Å². The number of carbonyl (C=O) groups excluding carboxylic acids is 1. The lowest BCUT2D eigenvalue weighted by Crippen LogP contribution is -2.23. The van der Waals surface area contributed by atoms with Crippen LogP contribution < -0.4 is 16.2 Å². The SMILES string of the molecule is CNCc1cccc(NC(=O)c2ccc(C)[nH]c2=O)c1. The number of benzene rings is 1. The first-order valence-electron chi connectivity index (χ1n) is 6.35. The van der Waals surface area contributed by atoms with Crippen molar-refractivity contribution in [2.75, 3.05) is 12.4 Å². The molecule has 0 radical (unpaired) electrons. The fraction of sp³-hybridized carbons (Fsp3) is 0.200. The summed E-state index contributed by atoms with van der Waals surface area (Å²) in [5, 5.41) is 5.77. The Kier molecular flexibility index (Phi) is 4.32. The first-order chi connectivity index (χ1) is 9.60. The highest BCUT2D eigenvalue weighted by Gasteiger charge is 2.10. The predicted molar refractivity (Wildman–Crippen MR) is 79.0 cm³/mol. The minimum atomic E-state index is -0.409. The summed E-state index contributed by atoms with van der Waals surface area (Å²) < 4.78 is 0. The Morgan fingerprint density at radius 1 is 1.25 bits per heavy atom. The molecule has 104 valence electrons. The maximum absolute atomic E-state index is 12.1. The van der Waals surface area contributed by atoms with Crippen LogP contribution >= 0.6 is 0 Å². The van der Waals surface area contributed by atoms with Crippen LogP contribution in [0.2, 0.25) is 0 Å². The highest BCUT2D eigenvalue weighted by Crippen LogP contribution is 2.11. The number of anilines is 1. The number of H-pyrrole nitrogens is 1. The second kappa shape index (κ2) is 6.16. The highest BCUT2D eigenvalue weighted by atomic mass is 16.2. The van der Waals surface area contributed by atoms with Crippen LogP contribution in [0.15, 0.2) is 41.2 Å². The molecule has 0 unspecified atom stereocenters. The van der Waals surface area contributed by atoms with Gasteiger partial charge in [-0.25, -0.2) is 0 Å². The third-order valence-electron chi connectivity index (χ3n) is 2.87. The molecule has 0 bridgehead atoms. The standard InChI is InChI=1S/C15H17N3O2/c1-10-6-7-13(14(19)17-10)15(20)18-12-5-3-4-11(8-12)9-16-2/h3-8,16H,9H2,1-2H3,(H,17,19)(H,18,20). The second-order valence-electron chi connectivity index (χ2n) is 4.57. The van der Waals surface area contributed by atoms with E-state index in [4.69, 9.17) is 0 Å². The van der Waals surface area contributed by atoms with Gasteiger partial charge in [0.15, 0.2) is 0 Å². The number of amides is 1. The molecular weight excluding hydrogens is 254 g/mol. The van der Waals surface area contributed by atoms with Crippen molar-refractivity contribution in [3.63, 3.8) is 0 Å². The van der Waals surface area contributed by atoms with E-state index >= 15 is 0 Å². The van der Waals surface area contributed by atoms with Crippen LogP contribution in [-0.4, -0.2) is 17.9 Å². The molecule has 1 aromatic carbocycles. The largest absolute Gasteiger partial charge is 0.326 e. The summed E-state index contributed by atoms with van der Waals surface area (Å²) in [6.45, 7) is 2.49. The number of carbonyl (C=O) groups is 1. The lowest BCUT2D eigenvalue weighted by molar-refractivity contribution is 0.102. The number of rotatable bonds is 4.